The van der Waals surface area contributed by atoms with E-state index in [4.69, 9.17) is 0 Å². The number of carbonyl (C=O) groups is 2. The zero-order valence-corrected chi connectivity index (χ0v) is 13.8. The summed E-state index contributed by atoms with van der Waals surface area (Å²) in [6.45, 7) is 3.57. The molecule has 0 aliphatic carbocycles. The second-order valence-corrected chi connectivity index (χ2v) is 7.44. The van der Waals surface area contributed by atoms with E-state index < -0.39 is 0 Å². The van der Waals surface area contributed by atoms with Gasteiger partial charge in [0.15, 0.2) is 0 Å². The number of hydrogen-bond acceptors (Lipinski definition) is 4. The molecule has 5 nitrogen and oxygen atoms in total. The number of nitrogens with zero attached hydrogens (tertiary/aromatic N) is 3. The molecule has 118 valence electrons. The molecular formula is C15H25N3O2S. The largest absolute Gasteiger partial charge is 0.336 e. The van der Waals surface area contributed by atoms with Gasteiger partial charge in [0.1, 0.15) is 6.04 Å². The molecule has 0 bridgehead atoms. The van der Waals surface area contributed by atoms with E-state index >= 15 is 0 Å². The van der Waals surface area contributed by atoms with Crippen molar-refractivity contribution in [2.24, 2.45) is 0 Å². The highest BCUT2D eigenvalue weighted by atomic mass is 32.2. The number of likely N-dealkylation sites (N-methyl/N-ethyl adjacent to an activating group) is 1. The molecule has 3 saturated heterocycles. The van der Waals surface area contributed by atoms with Crippen LogP contribution in [0.15, 0.2) is 0 Å². The van der Waals surface area contributed by atoms with Crippen LogP contribution in [0.4, 0.5) is 0 Å². The highest BCUT2D eigenvalue weighted by Gasteiger charge is 2.43. The number of hydrogen-bond donors (Lipinski definition) is 0. The van der Waals surface area contributed by atoms with Gasteiger partial charge in [-0.2, -0.15) is 0 Å². The zero-order valence-electron chi connectivity index (χ0n) is 13.0. The molecule has 3 fully saturated rings. The number of rotatable bonds is 2. The van der Waals surface area contributed by atoms with Crippen LogP contribution in [0.25, 0.3) is 0 Å². The zero-order chi connectivity index (χ0) is 15.0. The first-order chi connectivity index (χ1) is 10.1. The Morgan fingerprint density at radius 2 is 1.76 bits per heavy atom. The SMILES string of the molecule is CC(=O)N1CSC[C@@H]1C(=O)N1CCC[C@H]1[C@H]1CCCN1C. The molecular weight excluding hydrogens is 286 g/mol. The van der Waals surface area contributed by atoms with Crippen molar-refractivity contribution in [2.45, 2.75) is 50.7 Å². The van der Waals surface area contributed by atoms with Crippen LogP contribution in [0.3, 0.4) is 0 Å². The lowest BCUT2D eigenvalue weighted by Gasteiger charge is -2.35. The monoisotopic (exact) mass is 311 g/mol. The molecule has 0 saturated carbocycles. The van der Waals surface area contributed by atoms with Crippen molar-refractivity contribution < 1.29 is 9.59 Å². The summed E-state index contributed by atoms with van der Waals surface area (Å²) >= 11 is 1.69. The maximum absolute atomic E-state index is 12.9. The third-order valence-corrected chi connectivity index (χ3v) is 6.19. The van der Waals surface area contributed by atoms with Crippen LogP contribution >= 0.6 is 11.8 Å². The van der Waals surface area contributed by atoms with E-state index in [0.717, 1.165) is 31.7 Å². The summed E-state index contributed by atoms with van der Waals surface area (Å²) in [6, 6.07) is 0.625. The van der Waals surface area contributed by atoms with Crippen molar-refractivity contribution >= 4 is 23.6 Å². The quantitative estimate of drug-likeness (QED) is 0.763. The van der Waals surface area contributed by atoms with Gasteiger partial charge in [-0.15, -0.1) is 11.8 Å². The number of likely N-dealkylation sites (tertiary alicyclic amines) is 2. The molecule has 2 amide bonds. The van der Waals surface area contributed by atoms with E-state index in [1.807, 2.05) is 0 Å². The van der Waals surface area contributed by atoms with Crippen molar-refractivity contribution in [3.8, 4) is 0 Å². The van der Waals surface area contributed by atoms with Crippen LogP contribution in [0.5, 0.6) is 0 Å². The molecule has 0 unspecified atom stereocenters. The molecule has 0 N–H and O–H groups in total. The Hall–Kier alpha value is -0.750. The summed E-state index contributed by atoms with van der Waals surface area (Å²) in [5, 5.41) is 0. The molecule has 0 aromatic carbocycles. The summed E-state index contributed by atoms with van der Waals surface area (Å²) in [4.78, 5) is 30.9. The van der Waals surface area contributed by atoms with E-state index in [-0.39, 0.29) is 17.9 Å². The fourth-order valence-electron chi connectivity index (χ4n) is 4.04. The molecule has 0 radical (unpaired) electrons. The van der Waals surface area contributed by atoms with Crippen molar-refractivity contribution in [2.75, 3.05) is 31.8 Å². The molecule has 6 heteroatoms. The average molecular weight is 311 g/mol. The van der Waals surface area contributed by atoms with E-state index in [9.17, 15) is 9.59 Å². The Bertz CT molecular complexity index is 431. The van der Waals surface area contributed by atoms with Gasteiger partial charge in [0.25, 0.3) is 0 Å². The average Bonchev–Trinajstić information content (AvgIpc) is 3.17. The molecule has 0 aromatic heterocycles. The van der Waals surface area contributed by atoms with Gasteiger partial charge in [-0.1, -0.05) is 0 Å². The topological polar surface area (TPSA) is 43.9 Å². The molecule has 21 heavy (non-hydrogen) atoms. The van der Waals surface area contributed by atoms with Gasteiger partial charge < -0.3 is 14.7 Å². The maximum Gasteiger partial charge on any atom is 0.246 e. The highest BCUT2D eigenvalue weighted by Crippen LogP contribution is 2.31. The van der Waals surface area contributed by atoms with Crippen LogP contribution in [-0.2, 0) is 9.59 Å². The Morgan fingerprint density at radius 1 is 1.05 bits per heavy atom. The molecule has 0 aromatic rings. The predicted octanol–water partition coefficient (Wildman–Crippen LogP) is 0.993. The fourth-order valence-corrected chi connectivity index (χ4v) is 5.25. The van der Waals surface area contributed by atoms with Crippen LogP contribution in [0.2, 0.25) is 0 Å². The molecule has 3 atom stereocenters. The Morgan fingerprint density at radius 3 is 2.43 bits per heavy atom. The first kappa shape index (κ1) is 15.2. The van der Waals surface area contributed by atoms with Crippen molar-refractivity contribution in [1.29, 1.82) is 0 Å². The Labute approximate surface area is 131 Å². The van der Waals surface area contributed by atoms with Crippen molar-refractivity contribution in [1.82, 2.24) is 14.7 Å². The van der Waals surface area contributed by atoms with Crippen molar-refractivity contribution in [3.63, 3.8) is 0 Å². The van der Waals surface area contributed by atoms with Gasteiger partial charge in [0, 0.05) is 31.3 Å². The first-order valence-corrected chi connectivity index (χ1v) is 9.10. The highest BCUT2D eigenvalue weighted by molar-refractivity contribution is 7.99. The summed E-state index contributed by atoms with van der Waals surface area (Å²) in [7, 11) is 2.17. The lowest BCUT2D eigenvalue weighted by molar-refractivity contribution is -0.143. The molecule has 3 rings (SSSR count). The van der Waals surface area contributed by atoms with Crippen LogP contribution < -0.4 is 0 Å². The minimum atomic E-state index is -0.236. The van der Waals surface area contributed by atoms with Gasteiger partial charge in [0.2, 0.25) is 11.8 Å². The summed E-state index contributed by atoms with van der Waals surface area (Å²) in [6.07, 6.45) is 4.64. The lowest BCUT2D eigenvalue weighted by atomic mass is 10.0. The molecule has 0 spiro atoms. The van der Waals surface area contributed by atoms with E-state index in [1.165, 1.54) is 12.8 Å². The number of amides is 2. The molecule has 3 heterocycles. The van der Waals surface area contributed by atoms with E-state index in [2.05, 4.69) is 16.8 Å². The molecule has 3 aliphatic rings. The summed E-state index contributed by atoms with van der Waals surface area (Å²) in [5.74, 6) is 1.61. The maximum atomic E-state index is 12.9. The number of carbonyl (C=O) groups excluding carboxylic acids is 2. The van der Waals surface area contributed by atoms with Gasteiger partial charge in [-0.25, -0.2) is 0 Å². The normalized spacial score (nSPS) is 33.9. The summed E-state index contributed by atoms with van der Waals surface area (Å²) in [5.41, 5.74) is 0. The third-order valence-electron chi connectivity index (χ3n) is 5.18. The van der Waals surface area contributed by atoms with Crippen LogP contribution in [0.1, 0.15) is 32.6 Å². The van der Waals surface area contributed by atoms with E-state index in [1.54, 1.807) is 23.6 Å². The van der Waals surface area contributed by atoms with Crippen molar-refractivity contribution in [3.05, 3.63) is 0 Å². The standard InChI is InChI=1S/C15H25N3O2S/c1-11(19)18-10-21-9-14(18)15(20)17-8-4-6-13(17)12-5-3-7-16(12)2/h12-14H,3-10H2,1-2H3/t12-,13+,14-/m1/s1. The summed E-state index contributed by atoms with van der Waals surface area (Å²) < 4.78 is 0. The van der Waals surface area contributed by atoms with Gasteiger partial charge in [-0.3, -0.25) is 9.59 Å². The second kappa shape index (κ2) is 6.16. The minimum absolute atomic E-state index is 0.0204. The Kier molecular flexibility index (Phi) is 4.45. The number of thioether (sulfide) groups is 1. The Balaban J connectivity index is 1.72. The van der Waals surface area contributed by atoms with Crippen LogP contribution in [0, 0.1) is 0 Å². The van der Waals surface area contributed by atoms with Gasteiger partial charge in [-0.05, 0) is 39.3 Å². The lowest BCUT2D eigenvalue weighted by Crippen LogP contribution is -2.53. The smallest absolute Gasteiger partial charge is 0.246 e. The van der Waals surface area contributed by atoms with Gasteiger partial charge in [0.05, 0.1) is 5.88 Å². The second-order valence-electron chi connectivity index (χ2n) is 6.44. The van der Waals surface area contributed by atoms with E-state index in [0.29, 0.717) is 18.0 Å². The van der Waals surface area contributed by atoms with Crippen LogP contribution in [-0.4, -0.2) is 76.4 Å². The predicted molar refractivity (Wildman–Crippen MR) is 84.0 cm³/mol. The first-order valence-electron chi connectivity index (χ1n) is 7.95. The third kappa shape index (κ3) is 2.80. The molecule has 3 aliphatic heterocycles. The van der Waals surface area contributed by atoms with Gasteiger partial charge >= 0.3 is 0 Å². The minimum Gasteiger partial charge on any atom is -0.336 e. The fraction of sp³-hybridized carbons (Fsp3) is 0.867.